The Labute approximate surface area is 129 Å². The first-order valence-corrected chi connectivity index (χ1v) is 7.82. The van der Waals surface area contributed by atoms with Crippen molar-refractivity contribution in [1.29, 1.82) is 0 Å². The number of nitrogens with zero attached hydrogens (tertiary/aromatic N) is 3. The number of likely N-dealkylation sites (tertiary alicyclic amines) is 1. The highest BCUT2D eigenvalue weighted by Gasteiger charge is 2.34. The Balaban J connectivity index is 2.13. The van der Waals surface area contributed by atoms with Gasteiger partial charge in [-0.3, -0.25) is 4.90 Å². The van der Waals surface area contributed by atoms with Crippen LogP contribution in [0.2, 0.25) is 0 Å². The molecular formula is C17H30N4. The second-order valence-electron chi connectivity index (χ2n) is 6.70. The molecule has 0 radical (unpaired) electrons. The third kappa shape index (κ3) is 3.57. The molecule has 1 aromatic carbocycles. The third-order valence-electron chi connectivity index (χ3n) is 4.72. The molecule has 1 heterocycles. The van der Waals surface area contributed by atoms with Crippen molar-refractivity contribution >= 4 is 5.69 Å². The summed E-state index contributed by atoms with van der Waals surface area (Å²) in [4.78, 5) is 7.01. The van der Waals surface area contributed by atoms with Gasteiger partial charge in [-0.25, -0.2) is 0 Å². The number of likely N-dealkylation sites (N-methyl/N-ethyl adjacent to an activating group) is 1. The molecule has 0 amide bonds. The van der Waals surface area contributed by atoms with Gasteiger partial charge in [-0.2, -0.15) is 0 Å². The van der Waals surface area contributed by atoms with Crippen LogP contribution in [0.3, 0.4) is 0 Å². The summed E-state index contributed by atoms with van der Waals surface area (Å²) in [6.45, 7) is 5.24. The van der Waals surface area contributed by atoms with Gasteiger partial charge >= 0.3 is 0 Å². The number of hydrogen-bond donors (Lipinski definition) is 1. The average molecular weight is 290 g/mol. The van der Waals surface area contributed by atoms with E-state index in [1.807, 2.05) is 0 Å². The molecule has 1 saturated heterocycles. The fourth-order valence-corrected chi connectivity index (χ4v) is 3.40. The maximum absolute atomic E-state index is 6.08. The van der Waals surface area contributed by atoms with Gasteiger partial charge in [-0.05, 0) is 37.7 Å². The molecule has 1 aromatic rings. The minimum Gasteiger partial charge on any atom is -0.378 e. The van der Waals surface area contributed by atoms with E-state index in [-0.39, 0.29) is 0 Å². The lowest BCUT2D eigenvalue weighted by Gasteiger charge is -2.28. The Morgan fingerprint density at radius 1 is 1.14 bits per heavy atom. The van der Waals surface area contributed by atoms with E-state index in [1.165, 1.54) is 11.3 Å². The number of nitrogens with two attached hydrogens (primary N) is 1. The van der Waals surface area contributed by atoms with Crippen molar-refractivity contribution in [2.75, 3.05) is 52.7 Å². The molecule has 2 N–H and O–H groups in total. The molecule has 1 aliphatic heterocycles. The summed E-state index contributed by atoms with van der Waals surface area (Å²) in [5, 5.41) is 0. The molecule has 118 valence electrons. The highest BCUT2D eigenvalue weighted by Crippen LogP contribution is 2.29. The molecule has 2 rings (SSSR count). The Hall–Kier alpha value is -1.10. The quantitative estimate of drug-likeness (QED) is 0.894. The summed E-state index contributed by atoms with van der Waals surface area (Å²) in [5.74, 6) is 0.690. The van der Waals surface area contributed by atoms with E-state index in [4.69, 9.17) is 5.73 Å². The van der Waals surface area contributed by atoms with Crippen LogP contribution in [0.1, 0.15) is 18.5 Å². The van der Waals surface area contributed by atoms with Gasteiger partial charge in [0.15, 0.2) is 0 Å². The highest BCUT2D eigenvalue weighted by atomic mass is 15.3. The van der Waals surface area contributed by atoms with Crippen molar-refractivity contribution in [2.45, 2.75) is 19.0 Å². The zero-order chi connectivity index (χ0) is 15.6. The maximum atomic E-state index is 6.08. The van der Waals surface area contributed by atoms with Crippen LogP contribution in [0.5, 0.6) is 0 Å². The lowest BCUT2D eigenvalue weighted by atomic mass is 10.0. The fraction of sp³-hybridized carbons (Fsp3) is 0.647. The van der Waals surface area contributed by atoms with Crippen molar-refractivity contribution in [1.82, 2.24) is 9.80 Å². The summed E-state index contributed by atoms with van der Waals surface area (Å²) in [6, 6.07) is 9.76. The minimum atomic E-state index is 0.327. The third-order valence-corrected chi connectivity index (χ3v) is 4.72. The monoisotopic (exact) mass is 290 g/mol. The van der Waals surface area contributed by atoms with Crippen LogP contribution in [0, 0.1) is 5.92 Å². The van der Waals surface area contributed by atoms with E-state index in [2.05, 4.69) is 74.1 Å². The molecule has 21 heavy (non-hydrogen) atoms. The predicted octanol–water partition coefficient (Wildman–Crippen LogP) is 1.63. The maximum Gasteiger partial charge on any atom is 0.0471 e. The molecule has 1 aliphatic rings. The second kappa shape index (κ2) is 6.77. The minimum absolute atomic E-state index is 0.327. The SMILES string of the molecule is CC1CN(C(CN)c2ccc(N(C)C)cc2)CC1N(C)C. The van der Waals surface area contributed by atoms with E-state index >= 15 is 0 Å². The van der Waals surface area contributed by atoms with Crippen molar-refractivity contribution in [3.63, 3.8) is 0 Å². The Bertz CT molecular complexity index is 441. The summed E-state index contributed by atoms with van der Waals surface area (Å²) in [6.07, 6.45) is 0. The zero-order valence-electron chi connectivity index (χ0n) is 14.1. The van der Waals surface area contributed by atoms with Crippen molar-refractivity contribution in [3.8, 4) is 0 Å². The first-order chi connectivity index (χ1) is 9.93. The van der Waals surface area contributed by atoms with Gasteiger partial charge in [-0.1, -0.05) is 19.1 Å². The Morgan fingerprint density at radius 2 is 1.76 bits per heavy atom. The summed E-state index contributed by atoms with van der Waals surface area (Å²) >= 11 is 0. The van der Waals surface area contributed by atoms with E-state index in [1.54, 1.807) is 0 Å². The molecule has 4 nitrogen and oxygen atoms in total. The molecule has 0 bridgehead atoms. The topological polar surface area (TPSA) is 35.7 Å². The van der Waals surface area contributed by atoms with Crippen molar-refractivity contribution in [3.05, 3.63) is 29.8 Å². The van der Waals surface area contributed by atoms with Crippen molar-refractivity contribution < 1.29 is 0 Å². The largest absolute Gasteiger partial charge is 0.378 e. The molecule has 0 aromatic heterocycles. The molecule has 0 aliphatic carbocycles. The van der Waals surface area contributed by atoms with Crippen LogP contribution >= 0.6 is 0 Å². The molecule has 3 atom stereocenters. The van der Waals surface area contributed by atoms with Crippen LogP contribution < -0.4 is 10.6 Å². The van der Waals surface area contributed by atoms with Crippen LogP contribution in [0.25, 0.3) is 0 Å². The lowest BCUT2D eigenvalue weighted by molar-refractivity contribution is 0.219. The van der Waals surface area contributed by atoms with Gasteiger partial charge in [-0.15, -0.1) is 0 Å². The van der Waals surface area contributed by atoms with Gasteiger partial charge in [0.25, 0.3) is 0 Å². The number of benzene rings is 1. The molecule has 0 saturated carbocycles. The Kier molecular flexibility index (Phi) is 5.25. The van der Waals surface area contributed by atoms with Gasteiger partial charge in [0.1, 0.15) is 0 Å². The van der Waals surface area contributed by atoms with E-state index in [9.17, 15) is 0 Å². The van der Waals surface area contributed by atoms with Crippen LogP contribution in [0.15, 0.2) is 24.3 Å². The van der Waals surface area contributed by atoms with E-state index in [0.717, 1.165) is 13.1 Å². The van der Waals surface area contributed by atoms with Gasteiger partial charge in [0.05, 0.1) is 0 Å². The molecule has 4 heteroatoms. The number of hydrogen-bond acceptors (Lipinski definition) is 4. The van der Waals surface area contributed by atoms with Gasteiger partial charge < -0.3 is 15.5 Å². The molecule has 1 fully saturated rings. The average Bonchev–Trinajstić information content (AvgIpc) is 2.82. The second-order valence-corrected chi connectivity index (χ2v) is 6.70. The van der Waals surface area contributed by atoms with E-state index < -0.39 is 0 Å². The van der Waals surface area contributed by atoms with E-state index in [0.29, 0.717) is 24.5 Å². The normalized spacial score (nSPS) is 24.5. The Morgan fingerprint density at radius 3 is 2.19 bits per heavy atom. The lowest BCUT2D eigenvalue weighted by Crippen LogP contribution is -2.36. The molecular weight excluding hydrogens is 260 g/mol. The zero-order valence-corrected chi connectivity index (χ0v) is 14.1. The standard InChI is InChI=1S/C17H30N4/c1-13-11-21(12-17(13)20(4)5)16(10-18)14-6-8-15(9-7-14)19(2)3/h6-9,13,16-17H,10-12,18H2,1-5H3. The van der Waals surface area contributed by atoms with Crippen molar-refractivity contribution in [2.24, 2.45) is 11.7 Å². The van der Waals surface area contributed by atoms with Crippen LogP contribution in [-0.2, 0) is 0 Å². The number of anilines is 1. The summed E-state index contributed by atoms with van der Waals surface area (Å²) in [5.41, 5.74) is 8.64. The highest BCUT2D eigenvalue weighted by molar-refractivity contribution is 5.46. The number of rotatable bonds is 5. The smallest absolute Gasteiger partial charge is 0.0471 e. The molecule has 3 unspecified atom stereocenters. The van der Waals surface area contributed by atoms with Gasteiger partial charge in [0.2, 0.25) is 0 Å². The van der Waals surface area contributed by atoms with Crippen LogP contribution in [-0.4, -0.2) is 63.7 Å². The summed E-state index contributed by atoms with van der Waals surface area (Å²) < 4.78 is 0. The first-order valence-electron chi connectivity index (χ1n) is 7.82. The van der Waals surface area contributed by atoms with Crippen LogP contribution in [0.4, 0.5) is 5.69 Å². The fourth-order valence-electron chi connectivity index (χ4n) is 3.40. The predicted molar refractivity (Wildman–Crippen MR) is 90.8 cm³/mol. The summed E-state index contributed by atoms with van der Waals surface area (Å²) in [7, 11) is 8.49. The van der Waals surface area contributed by atoms with Gasteiger partial charge in [0, 0.05) is 51.5 Å². The molecule has 0 spiro atoms. The first kappa shape index (κ1) is 16.3.